The molecule has 0 unspecified atom stereocenters. The molecule has 3 rings (SSSR count). The number of hydrogen-bond acceptors (Lipinski definition) is 1. The molecule has 0 aliphatic heterocycles. The molecule has 0 aliphatic rings. The second-order valence-corrected chi connectivity index (χ2v) is 5.30. The van der Waals surface area contributed by atoms with Crippen LogP contribution in [-0.2, 0) is 17.8 Å². The summed E-state index contributed by atoms with van der Waals surface area (Å²) in [6.07, 6.45) is 2.33. The summed E-state index contributed by atoms with van der Waals surface area (Å²) in [6.45, 7) is 2.38. The van der Waals surface area contributed by atoms with E-state index >= 15 is 0 Å². The van der Waals surface area contributed by atoms with Gasteiger partial charge in [-0.05, 0) is 36.2 Å². The number of benzene rings is 2. The van der Waals surface area contributed by atoms with Crippen LogP contribution in [0.15, 0.2) is 54.7 Å². The predicted octanol–water partition coefficient (Wildman–Crippen LogP) is 3.90. The zero-order valence-electron chi connectivity index (χ0n) is 11.8. The Morgan fingerprint density at radius 1 is 1.10 bits per heavy atom. The number of Topliss-reactive ketones (excluding diaryl/α,β-unsaturated/α-hetero) is 1. The summed E-state index contributed by atoms with van der Waals surface area (Å²) in [6, 6.07) is 14.1. The van der Waals surface area contributed by atoms with Crippen LogP contribution in [0, 0.1) is 12.7 Å². The maximum atomic E-state index is 12.9. The molecule has 3 heteroatoms. The normalized spacial score (nSPS) is 11.0. The van der Waals surface area contributed by atoms with Crippen molar-refractivity contribution in [3.8, 4) is 0 Å². The second kappa shape index (κ2) is 5.52. The van der Waals surface area contributed by atoms with Crippen LogP contribution in [0.5, 0.6) is 0 Å². The van der Waals surface area contributed by atoms with Gasteiger partial charge in [-0.2, -0.15) is 0 Å². The number of carbonyl (C=O) groups excluding carboxylic acids is 1. The van der Waals surface area contributed by atoms with Crippen molar-refractivity contribution >= 4 is 16.7 Å². The minimum absolute atomic E-state index is 0.113. The molecule has 0 saturated carbocycles. The van der Waals surface area contributed by atoms with Crippen molar-refractivity contribution in [1.82, 2.24) is 4.57 Å². The first-order chi connectivity index (χ1) is 10.1. The first-order valence-electron chi connectivity index (χ1n) is 6.94. The standard InChI is InChI=1S/C18H16FNO/c1-13-11-20(18-5-3-2-4-17(13)18)12-16(21)10-14-6-8-15(19)9-7-14/h2-9,11H,10,12H2,1H3. The molecule has 0 atom stereocenters. The van der Waals surface area contributed by atoms with E-state index in [2.05, 4.69) is 6.07 Å². The number of ketones is 1. The summed E-state index contributed by atoms with van der Waals surface area (Å²) < 4.78 is 14.8. The Hall–Kier alpha value is -2.42. The Balaban J connectivity index is 1.79. The van der Waals surface area contributed by atoms with Gasteiger partial charge >= 0.3 is 0 Å². The molecule has 0 radical (unpaired) electrons. The minimum atomic E-state index is -0.279. The molecule has 0 saturated heterocycles. The fraction of sp³-hybridized carbons (Fsp3) is 0.167. The topological polar surface area (TPSA) is 22.0 Å². The first kappa shape index (κ1) is 13.6. The Labute approximate surface area is 122 Å². The van der Waals surface area contributed by atoms with E-state index < -0.39 is 0 Å². The van der Waals surface area contributed by atoms with E-state index in [0.717, 1.165) is 11.1 Å². The van der Waals surface area contributed by atoms with Gasteiger partial charge in [-0.25, -0.2) is 4.39 Å². The maximum Gasteiger partial charge on any atom is 0.156 e. The monoisotopic (exact) mass is 281 g/mol. The van der Waals surface area contributed by atoms with Crippen LogP contribution in [0.25, 0.3) is 10.9 Å². The molecule has 0 bridgehead atoms. The highest BCUT2D eigenvalue weighted by Crippen LogP contribution is 2.20. The number of aromatic nitrogens is 1. The molecular formula is C18H16FNO. The Kier molecular flexibility index (Phi) is 3.57. The van der Waals surface area contributed by atoms with Crippen LogP contribution in [-0.4, -0.2) is 10.4 Å². The minimum Gasteiger partial charge on any atom is -0.340 e. The van der Waals surface area contributed by atoms with Gasteiger partial charge in [0.15, 0.2) is 5.78 Å². The lowest BCUT2D eigenvalue weighted by Gasteiger charge is -2.05. The summed E-state index contributed by atoms with van der Waals surface area (Å²) in [5.74, 6) is -0.166. The molecule has 0 amide bonds. The van der Waals surface area contributed by atoms with Gasteiger partial charge in [0, 0.05) is 23.5 Å². The van der Waals surface area contributed by atoms with E-state index in [1.165, 1.54) is 23.1 Å². The average Bonchev–Trinajstić information content (AvgIpc) is 2.78. The molecule has 3 aromatic rings. The smallest absolute Gasteiger partial charge is 0.156 e. The number of fused-ring (bicyclic) bond motifs is 1. The maximum absolute atomic E-state index is 12.9. The molecule has 106 valence electrons. The lowest BCUT2D eigenvalue weighted by molar-refractivity contribution is -0.118. The molecule has 1 aromatic heterocycles. The van der Waals surface area contributed by atoms with Gasteiger partial charge in [-0.15, -0.1) is 0 Å². The molecule has 0 N–H and O–H groups in total. The third kappa shape index (κ3) is 2.87. The van der Waals surface area contributed by atoms with Crippen molar-refractivity contribution in [3.05, 3.63) is 71.7 Å². The molecule has 2 aromatic carbocycles. The Bertz CT molecular complexity index is 787. The average molecular weight is 281 g/mol. The number of aryl methyl sites for hydroxylation is 1. The van der Waals surface area contributed by atoms with Crippen LogP contribution in [0.2, 0.25) is 0 Å². The summed E-state index contributed by atoms with van der Waals surface area (Å²) in [5, 5.41) is 1.17. The molecule has 0 fully saturated rings. The quantitative estimate of drug-likeness (QED) is 0.711. The molecule has 2 nitrogen and oxygen atoms in total. The number of carbonyl (C=O) groups is 1. The molecule has 0 aliphatic carbocycles. The van der Waals surface area contributed by atoms with Crippen LogP contribution >= 0.6 is 0 Å². The number of hydrogen-bond donors (Lipinski definition) is 0. The summed E-state index contributed by atoms with van der Waals surface area (Å²) in [7, 11) is 0. The fourth-order valence-electron chi connectivity index (χ4n) is 2.64. The number of para-hydroxylation sites is 1. The number of rotatable bonds is 4. The lowest BCUT2D eigenvalue weighted by Crippen LogP contribution is -2.11. The molecule has 21 heavy (non-hydrogen) atoms. The highest BCUT2D eigenvalue weighted by Gasteiger charge is 2.09. The van der Waals surface area contributed by atoms with Crippen molar-refractivity contribution < 1.29 is 9.18 Å². The predicted molar refractivity (Wildman–Crippen MR) is 81.8 cm³/mol. The SMILES string of the molecule is Cc1cn(CC(=O)Cc2ccc(F)cc2)c2ccccc12. The van der Waals surface area contributed by atoms with Crippen molar-refractivity contribution in [2.75, 3.05) is 0 Å². The van der Waals surface area contributed by atoms with Crippen molar-refractivity contribution in [2.45, 2.75) is 19.9 Å². The van der Waals surface area contributed by atoms with Gasteiger partial charge in [0.05, 0.1) is 6.54 Å². The van der Waals surface area contributed by atoms with Crippen molar-refractivity contribution in [2.24, 2.45) is 0 Å². The molecular weight excluding hydrogens is 265 g/mol. The number of halogens is 1. The lowest BCUT2D eigenvalue weighted by atomic mass is 10.1. The zero-order valence-corrected chi connectivity index (χ0v) is 11.8. The van der Waals surface area contributed by atoms with Crippen molar-refractivity contribution in [3.63, 3.8) is 0 Å². The van der Waals surface area contributed by atoms with Gasteiger partial charge in [0.25, 0.3) is 0 Å². The first-order valence-corrected chi connectivity index (χ1v) is 6.94. The highest BCUT2D eigenvalue weighted by atomic mass is 19.1. The van der Waals surface area contributed by atoms with E-state index in [9.17, 15) is 9.18 Å². The van der Waals surface area contributed by atoms with Crippen LogP contribution in [0.1, 0.15) is 11.1 Å². The largest absolute Gasteiger partial charge is 0.340 e. The van der Waals surface area contributed by atoms with Crippen LogP contribution in [0.3, 0.4) is 0 Å². The second-order valence-electron chi connectivity index (χ2n) is 5.30. The number of nitrogens with zero attached hydrogens (tertiary/aromatic N) is 1. The Morgan fingerprint density at radius 3 is 2.57 bits per heavy atom. The van der Waals surface area contributed by atoms with Gasteiger partial charge in [-0.3, -0.25) is 4.79 Å². The van der Waals surface area contributed by atoms with E-state index in [1.807, 2.05) is 35.9 Å². The third-order valence-electron chi connectivity index (χ3n) is 3.65. The fourth-order valence-corrected chi connectivity index (χ4v) is 2.64. The van der Waals surface area contributed by atoms with Gasteiger partial charge in [0.1, 0.15) is 5.82 Å². The summed E-state index contributed by atoms with van der Waals surface area (Å²) in [5.41, 5.74) is 3.08. The van der Waals surface area contributed by atoms with Gasteiger partial charge < -0.3 is 4.57 Å². The van der Waals surface area contributed by atoms with Gasteiger partial charge in [-0.1, -0.05) is 30.3 Å². The van der Waals surface area contributed by atoms with Crippen LogP contribution < -0.4 is 0 Å². The highest BCUT2D eigenvalue weighted by molar-refractivity contribution is 5.87. The van der Waals surface area contributed by atoms with E-state index in [-0.39, 0.29) is 11.6 Å². The zero-order chi connectivity index (χ0) is 14.8. The van der Waals surface area contributed by atoms with E-state index in [1.54, 1.807) is 12.1 Å². The Morgan fingerprint density at radius 2 is 1.81 bits per heavy atom. The molecule has 0 spiro atoms. The third-order valence-corrected chi connectivity index (χ3v) is 3.65. The van der Waals surface area contributed by atoms with E-state index in [0.29, 0.717) is 13.0 Å². The van der Waals surface area contributed by atoms with Gasteiger partial charge in [0.2, 0.25) is 0 Å². The van der Waals surface area contributed by atoms with Crippen molar-refractivity contribution in [1.29, 1.82) is 0 Å². The summed E-state index contributed by atoms with van der Waals surface area (Å²) in [4.78, 5) is 12.2. The summed E-state index contributed by atoms with van der Waals surface area (Å²) >= 11 is 0. The van der Waals surface area contributed by atoms with E-state index in [4.69, 9.17) is 0 Å². The molecule has 1 heterocycles. The van der Waals surface area contributed by atoms with Crippen LogP contribution in [0.4, 0.5) is 4.39 Å².